The van der Waals surface area contributed by atoms with Crippen molar-refractivity contribution in [2.24, 2.45) is 0 Å². The van der Waals surface area contributed by atoms with Crippen LogP contribution in [0.4, 0.5) is 0 Å². The van der Waals surface area contributed by atoms with Crippen LogP contribution >= 0.6 is 0 Å². The fraction of sp³-hybridized carbons (Fsp3) is 0. The Morgan fingerprint density at radius 2 is 1.60 bits per heavy atom. The zero-order chi connectivity index (χ0) is 30.4. The molecule has 21 radical (unpaired) electrons. The summed E-state index contributed by atoms with van der Waals surface area (Å²) < 4.78 is 11.8. The number of fused-ring (bicyclic) bond motifs is 1. The average Bonchev–Trinajstić information content (AvgIpc) is 3.29. The van der Waals surface area contributed by atoms with Gasteiger partial charge in [0.15, 0.2) is 6.04 Å². The Morgan fingerprint density at radius 3 is 2.26 bits per heavy atom. The molecule has 6 rings (SSSR count). The molecule has 2 fully saturated rings. The second-order valence-corrected chi connectivity index (χ2v) is 9.17. The summed E-state index contributed by atoms with van der Waals surface area (Å²) in [6.45, 7) is 15.6. The third-order valence-corrected chi connectivity index (χ3v) is 6.41. The van der Waals surface area contributed by atoms with Crippen molar-refractivity contribution in [1.29, 1.82) is 0 Å². The van der Waals surface area contributed by atoms with E-state index in [1.807, 2.05) is 0 Å². The molecule has 10 heteroatoms. The van der Waals surface area contributed by atoms with Crippen molar-refractivity contribution in [3.63, 3.8) is 0 Å². The first-order chi connectivity index (χ1) is 20.6. The minimum Gasteiger partial charge on any atom is -0.490 e. The topological polar surface area (TPSA) is 112 Å². The van der Waals surface area contributed by atoms with Gasteiger partial charge in [-0.05, 0) is 53.4 Å². The molecule has 2 saturated heterocycles. The van der Waals surface area contributed by atoms with E-state index in [0.717, 1.165) is 4.90 Å². The summed E-state index contributed by atoms with van der Waals surface area (Å²) in [5.41, 5.74) is 2.89. The molecule has 1 aromatic heterocycles. The molecule has 0 aliphatic carbocycles. The van der Waals surface area contributed by atoms with Crippen LogP contribution < -0.4 is 20.3 Å². The molecule has 3 aliphatic rings. The molecule has 0 atom stereocenters. The van der Waals surface area contributed by atoms with Gasteiger partial charge in [0.2, 0.25) is 0 Å². The minimum atomic E-state index is -0.895. The molecule has 0 N–H and O–H groups in total. The quantitative estimate of drug-likeness (QED) is 0.387. The third-order valence-electron chi connectivity index (χ3n) is 6.41. The summed E-state index contributed by atoms with van der Waals surface area (Å²) in [5, 5.41) is 3.26. The maximum atomic E-state index is 12.9. The summed E-state index contributed by atoms with van der Waals surface area (Å²) in [5.74, 6) is -1.23. The number of pyridine rings is 1. The van der Waals surface area contributed by atoms with E-state index in [0.29, 0.717) is 45.2 Å². The van der Waals surface area contributed by atoms with Crippen molar-refractivity contribution in [2.75, 3.05) is 0 Å². The lowest BCUT2D eigenvalue weighted by Gasteiger charge is -2.35. The van der Waals surface area contributed by atoms with Crippen LogP contribution in [-0.2, 0) is 9.59 Å². The van der Waals surface area contributed by atoms with E-state index < -0.39 is 17.7 Å². The van der Waals surface area contributed by atoms with Gasteiger partial charge in [0.25, 0.3) is 23.3 Å². The summed E-state index contributed by atoms with van der Waals surface area (Å²) in [7, 11) is 10.7. The maximum absolute atomic E-state index is 12.9. The van der Waals surface area contributed by atoms with Crippen LogP contribution in [0.1, 0.15) is 32.6 Å². The fourth-order valence-corrected chi connectivity index (χ4v) is 4.38. The number of benzene rings is 2. The molecular formula is C33H15N4O6. The summed E-state index contributed by atoms with van der Waals surface area (Å²) >= 11 is 0. The van der Waals surface area contributed by atoms with E-state index in [2.05, 4.69) is 78.9 Å². The van der Waals surface area contributed by atoms with Crippen LogP contribution in [0.2, 0.25) is 0 Å². The van der Waals surface area contributed by atoms with Crippen LogP contribution in [0, 0.1) is 85.6 Å². The fourth-order valence-electron chi connectivity index (χ4n) is 4.38. The number of piperidine rings is 1. The standard InChI is InChI=1S/C33H15N4O6/c1-19-9-24(16-35(2)32(19)40)23-12-28(42-3)26(29(13-23)43-4)18-36-14-21(15-36)10-20-5-6-22-17-37(33(41)25(22)11-20)27-7-8-30(38)34-31(27)39/h5-6,9,11-13,16H,1-4H2. The lowest BCUT2D eigenvalue weighted by atomic mass is 9.90. The zero-order valence-electron chi connectivity index (χ0n) is 22.1. The van der Waals surface area contributed by atoms with Crippen molar-refractivity contribution in [2.45, 2.75) is 0 Å². The molecule has 203 valence electrons. The van der Waals surface area contributed by atoms with Crippen LogP contribution in [0.3, 0.4) is 0 Å². The normalized spacial score (nSPS) is 17.6. The van der Waals surface area contributed by atoms with Crippen molar-refractivity contribution in [1.82, 2.24) is 19.7 Å². The number of amides is 3. The predicted octanol–water partition coefficient (Wildman–Crippen LogP) is 2.37. The number of rotatable bonds is 8. The van der Waals surface area contributed by atoms with Crippen molar-refractivity contribution >= 4 is 17.7 Å². The van der Waals surface area contributed by atoms with Crippen molar-refractivity contribution in [3.8, 4) is 22.6 Å². The van der Waals surface area contributed by atoms with E-state index in [1.54, 1.807) is 42.6 Å². The molecule has 43 heavy (non-hydrogen) atoms. The van der Waals surface area contributed by atoms with Gasteiger partial charge in [0.05, 0.1) is 25.1 Å². The van der Waals surface area contributed by atoms with Gasteiger partial charge in [0, 0.05) is 43.1 Å². The van der Waals surface area contributed by atoms with Crippen LogP contribution in [0.25, 0.3) is 11.1 Å². The Kier molecular flexibility index (Phi) is 7.56. The predicted molar refractivity (Wildman–Crippen MR) is 146 cm³/mol. The largest absolute Gasteiger partial charge is 0.490 e. The molecule has 2 aromatic carbocycles. The average molecular weight is 564 g/mol. The molecule has 4 heterocycles. The zero-order valence-corrected chi connectivity index (χ0v) is 22.1. The number of hydrogen-bond acceptors (Lipinski definition) is 7. The van der Waals surface area contributed by atoms with Gasteiger partial charge >= 0.3 is 0 Å². The highest BCUT2D eigenvalue weighted by Gasteiger charge is 2.43. The second kappa shape index (κ2) is 11.3. The molecule has 0 unspecified atom stereocenters. The van der Waals surface area contributed by atoms with Gasteiger partial charge in [-0.3, -0.25) is 24.1 Å². The van der Waals surface area contributed by atoms with Gasteiger partial charge in [-0.2, -0.15) is 5.32 Å². The first-order valence-corrected chi connectivity index (χ1v) is 12.3. The van der Waals surface area contributed by atoms with E-state index in [9.17, 15) is 19.2 Å². The summed E-state index contributed by atoms with van der Waals surface area (Å²) in [4.78, 5) is 50.6. The van der Waals surface area contributed by atoms with Gasteiger partial charge < -0.3 is 18.9 Å². The van der Waals surface area contributed by atoms with E-state index in [-0.39, 0.29) is 22.7 Å². The second-order valence-electron chi connectivity index (χ2n) is 9.17. The molecule has 3 aromatic rings. The van der Waals surface area contributed by atoms with Crippen LogP contribution in [0.5, 0.6) is 11.5 Å². The maximum Gasteiger partial charge on any atom is 0.278 e. The molecule has 3 aliphatic heterocycles. The number of hydrogen-bond donors (Lipinski definition) is 0. The molecule has 3 amide bonds. The number of aromatic nitrogens is 1. The summed E-state index contributed by atoms with van der Waals surface area (Å²) in [6.07, 6.45) is 9.17. The molecular weight excluding hydrogens is 548 g/mol. The van der Waals surface area contributed by atoms with Crippen molar-refractivity contribution in [3.05, 3.63) is 166 Å². The lowest BCUT2D eigenvalue weighted by Crippen LogP contribution is -2.43. The molecule has 10 nitrogen and oxygen atoms in total. The third kappa shape index (κ3) is 5.43. The monoisotopic (exact) mass is 563 g/mol. The summed E-state index contributed by atoms with van der Waals surface area (Å²) in [6, 6.07) is 9.69. The lowest BCUT2D eigenvalue weighted by molar-refractivity contribution is -0.130. The Bertz CT molecular complexity index is 1640. The number of carbonyl (C=O) groups is 3. The van der Waals surface area contributed by atoms with Crippen molar-refractivity contribution < 1.29 is 23.9 Å². The Labute approximate surface area is 250 Å². The van der Waals surface area contributed by atoms with Gasteiger partial charge in [0.1, 0.15) is 38.8 Å². The van der Waals surface area contributed by atoms with Gasteiger partial charge in [-0.25, -0.2) is 0 Å². The highest BCUT2D eigenvalue weighted by atomic mass is 16.5. The van der Waals surface area contributed by atoms with Crippen LogP contribution in [-0.4, -0.2) is 32.1 Å². The highest BCUT2D eigenvalue weighted by Crippen LogP contribution is 2.42. The number of ether oxygens (including phenoxy) is 2. The first kappa shape index (κ1) is 28.7. The van der Waals surface area contributed by atoms with E-state index in [1.165, 1.54) is 9.47 Å². The smallest absolute Gasteiger partial charge is 0.278 e. The Morgan fingerprint density at radius 1 is 0.884 bits per heavy atom. The molecule has 0 spiro atoms. The van der Waals surface area contributed by atoms with Crippen LogP contribution in [0.15, 0.2) is 47.4 Å². The number of carbonyl (C=O) groups excluding carboxylic acids is 3. The SMILES string of the molecule is [CH2]Oc1cc(-c2cc([CH2])c(=O)n([CH2])c2)cc(O[CH2])c1[C]N1[C][C]([C]c2ccc3c(c2)C(=O)N([C]2[C][C]C(=O)[N]C2=O)[C]3)[C]1. The Hall–Kier alpha value is -4.44. The minimum absolute atomic E-state index is 0.239. The van der Waals surface area contributed by atoms with E-state index >= 15 is 0 Å². The Balaban J connectivity index is 1.11. The number of likely N-dealkylation sites (tertiary alicyclic amines) is 1. The van der Waals surface area contributed by atoms with Gasteiger partial charge in [-0.1, -0.05) is 12.1 Å². The highest BCUT2D eigenvalue weighted by molar-refractivity contribution is 6.14. The molecule has 0 saturated carbocycles. The number of nitrogens with zero attached hydrogens (tertiary/aromatic N) is 4. The van der Waals surface area contributed by atoms with Gasteiger partial charge in [-0.15, -0.1) is 0 Å². The first-order valence-electron chi connectivity index (χ1n) is 12.3. The number of imide groups is 1. The van der Waals surface area contributed by atoms with E-state index in [4.69, 9.17) is 9.47 Å². The molecule has 0 bridgehead atoms.